The Morgan fingerprint density at radius 1 is 1.44 bits per heavy atom. The van der Waals surface area contributed by atoms with Crippen LogP contribution in [0.25, 0.3) is 0 Å². The number of ether oxygens (including phenoxy) is 1. The second-order valence-electron chi connectivity index (χ2n) is 5.89. The quantitative estimate of drug-likeness (QED) is 0.786. The summed E-state index contributed by atoms with van der Waals surface area (Å²) in [6, 6.07) is 0. The molecule has 0 aliphatic carbocycles. The molecule has 2 saturated heterocycles. The van der Waals surface area contributed by atoms with E-state index in [1.165, 1.54) is 38.9 Å². The average Bonchev–Trinajstić information content (AvgIpc) is 2.69. The van der Waals surface area contributed by atoms with Gasteiger partial charge in [0.15, 0.2) is 0 Å². The smallest absolute Gasteiger partial charge is 0.0753 e. The fraction of sp³-hybridized carbons (Fsp3) is 1.00. The van der Waals surface area contributed by atoms with Crippen LogP contribution in [-0.2, 0) is 4.74 Å². The van der Waals surface area contributed by atoms with E-state index in [1.54, 1.807) is 0 Å². The van der Waals surface area contributed by atoms with Crippen molar-refractivity contribution in [1.29, 1.82) is 0 Å². The molecule has 1 atom stereocenters. The van der Waals surface area contributed by atoms with Gasteiger partial charge in [0.25, 0.3) is 0 Å². The molecule has 0 saturated carbocycles. The van der Waals surface area contributed by atoms with E-state index in [2.05, 4.69) is 24.1 Å². The van der Waals surface area contributed by atoms with Crippen LogP contribution < -0.4 is 5.32 Å². The summed E-state index contributed by atoms with van der Waals surface area (Å²) in [5.74, 6) is 0.939. The van der Waals surface area contributed by atoms with Gasteiger partial charge in [-0.05, 0) is 58.7 Å². The summed E-state index contributed by atoms with van der Waals surface area (Å²) in [6.07, 6.45) is 4.13. The topological polar surface area (TPSA) is 24.5 Å². The van der Waals surface area contributed by atoms with Gasteiger partial charge in [0.05, 0.1) is 12.2 Å². The van der Waals surface area contributed by atoms with Gasteiger partial charge in [-0.2, -0.15) is 0 Å². The Kier molecular flexibility index (Phi) is 4.22. The third-order valence-corrected chi connectivity index (χ3v) is 3.75. The van der Waals surface area contributed by atoms with Crippen LogP contribution in [0.15, 0.2) is 0 Å². The van der Waals surface area contributed by atoms with Gasteiger partial charge in [0.1, 0.15) is 0 Å². The van der Waals surface area contributed by atoms with Crippen molar-refractivity contribution in [2.24, 2.45) is 5.92 Å². The highest BCUT2D eigenvalue weighted by atomic mass is 16.5. The summed E-state index contributed by atoms with van der Waals surface area (Å²) in [6.45, 7) is 11.2. The molecule has 94 valence electrons. The van der Waals surface area contributed by atoms with Gasteiger partial charge >= 0.3 is 0 Å². The Balaban J connectivity index is 1.61. The van der Waals surface area contributed by atoms with Gasteiger partial charge in [-0.1, -0.05) is 0 Å². The lowest BCUT2D eigenvalue weighted by atomic mass is 10.0. The first-order valence-electron chi connectivity index (χ1n) is 6.73. The van der Waals surface area contributed by atoms with Crippen molar-refractivity contribution in [3.05, 3.63) is 0 Å². The van der Waals surface area contributed by atoms with Crippen LogP contribution >= 0.6 is 0 Å². The van der Waals surface area contributed by atoms with Crippen molar-refractivity contribution in [1.82, 2.24) is 10.2 Å². The van der Waals surface area contributed by atoms with Crippen LogP contribution in [-0.4, -0.2) is 49.8 Å². The maximum Gasteiger partial charge on any atom is 0.0753 e. The second kappa shape index (κ2) is 5.48. The predicted molar refractivity (Wildman–Crippen MR) is 66.7 cm³/mol. The minimum absolute atomic E-state index is 0.0627. The van der Waals surface area contributed by atoms with Crippen LogP contribution in [0.1, 0.15) is 33.1 Å². The zero-order valence-electron chi connectivity index (χ0n) is 10.8. The molecule has 2 heterocycles. The van der Waals surface area contributed by atoms with Crippen molar-refractivity contribution in [2.75, 3.05) is 39.3 Å². The minimum atomic E-state index is 0.0627. The number of nitrogens with one attached hydrogen (secondary N) is 1. The molecule has 16 heavy (non-hydrogen) atoms. The number of rotatable bonds is 4. The van der Waals surface area contributed by atoms with Crippen LogP contribution in [0.3, 0.4) is 0 Å². The van der Waals surface area contributed by atoms with Gasteiger partial charge in [-0.3, -0.25) is 4.90 Å². The molecular weight excluding hydrogens is 200 g/mol. The predicted octanol–water partition coefficient (Wildman–Crippen LogP) is 1.49. The van der Waals surface area contributed by atoms with Gasteiger partial charge in [-0.25, -0.2) is 0 Å². The highest BCUT2D eigenvalue weighted by molar-refractivity contribution is 4.79. The van der Waals surface area contributed by atoms with E-state index in [-0.39, 0.29) is 5.60 Å². The lowest BCUT2D eigenvalue weighted by molar-refractivity contribution is -0.0862. The highest BCUT2D eigenvalue weighted by Crippen LogP contribution is 2.18. The average molecular weight is 226 g/mol. The molecule has 1 unspecified atom stereocenters. The maximum absolute atomic E-state index is 5.72. The maximum atomic E-state index is 5.72. The fourth-order valence-electron chi connectivity index (χ4n) is 2.87. The lowest BCUT2D eigenvalue weighted by Crippen LogP contribution is -2.48. The minimum Gasteiger partial charge on any atom is -0.373 e. The Morgan fingerprint density at radius 3 is 3.00 bits per heavy atom. The molecule has 1 N–H and O–H groups in total. The molecule has 3 nitrogen and oxygen atoms in total. The van der Waals surface area contributed by atoms with Crippen molar-refractivity contribution < 1.29 is 4.74 Å². The molecule has 2 aliphatic rings. The molecule has 0 bridgehead atoms. The van der Waals surface area contributed by atoms with Crippen LogP contribution in [0.5, 0.6) is 0 Å². The Labute approximate surface area is 99.5 Å². The van der Waals surface area contributed by atoms with Gasteiger partial charge < -0.3 is 10.1 Å². The zero-order chi connectivity index (χ0) is 11.4. The van der Waals surface area contributed by atoms with Crippen molar-refractivity contribution in [3.8, 4) is 0 Å². The summed E-state index contributed by atoms with van der Waals surface area (Å²) in [7, 11) is 0. The molecule has 0 aromatic carbocycles. The van der Waals surface area contributed by atoms with Gasteiger partial charge in [0, 0.05) is 13.1 Å². The van der Waals surface area contributed by atoms with E-state index in [4.69, 9.17) is 4.74 Å². The van der Waals surface area contributed by atoms with E-state index in [1.807, 2.05) is 0 Å². The van der Waals surface area contributed by atoms with E-state index >= 15 is 0 Å². The molecule has 2 rings (SSSR count). The molecule has 0 amide bonds. The molecule has 3 heteroatoms. The van der Waals surface area contributed by atoms with E-state index in [0.29, 0.717) is 0 Å². The van der Waals surface area contributed by atoms with Crippen molar-refractivity contribution in [2.45, 2.75) is 38.7 Å². The Hall–Kier alpha value is -0.120. The van der Waals surface area contributed by atoms with Crippen molar-refractivity contribution >= 4 is 0 Å². The summed E-state index contributed by atoms with van der Waals surface area (Å²) in [4.78, 5) is 2.56. The van der Waals surface area contributed by atoms with E-state index in [9.17, 15) is 0 Å². The summed E-state index contributed by atoms with van der Waals surface area (Å²) >= 11 is 0. The second-order valence-corrected chi connectivity index (χ2v) is 5.89. The standard InChI is InChI=1S/C13H26N2O/c1-13(2)11-15(8-9-16-13)7-3-4-12-5-6-14-10-12/h12,14H,3-11H2,1-2H3. The largest absolute Gasteiger partial charge is 0.373 e. The number of hydrogen-bond acceptors (Lipinski definition) is 3. The SMILES string of the molecule is CC1(C)CN(CCCC2CCNC2)CCO1. The third kappa shape index (κ3) is 3.72. The van der Waals surface area contributed by atoms with Crippen LogP contribution in [0.4, 0.5) is 0 Å². The Bertz CT molecular complexity index is 212. The summed E-state index contributed by atoms with van der Waals surface area (Å²) in [5.41, 5.74) is 0.0627. The normalized spacial score (nSPS) is 30.8. The number of hydrogen-bond donors (Lipinski definition) is 1. The number of morpholine rings is 1. The van der Waals surface area contributed by atoms with E-state index in [0.717, 1.165) is 25.6 Å². The summed E-state index contributed by atoms with van der Waals surface area (Å²) in [5, 5.41) is 3.44. The highest BCUT2D eigenvalue weighted by Gasteiger charge is 2.26. The molecule has 0 radical (unpaired) electrons. The Morgan fingerprint density at radius 2 is 2.31 bits per heavy atom. The molecule has 0 spiro atoms. The van der Waals surface area contributed by atoms with Gasteiger partial charge in [-0.15, -0.1) is 0 Å². The first-order chi connectivity index (χ1) is 7.66. The van der Waals surface area contributed by atoms with E-state index < -0.39 is 0 Å². The first kappa shape index (κ1) is 12.3. The lowest BCUT2D eigenvalue weighted by Gasteiger charge is -2.38. The summed E-state index contributed by atoms with van der Waals surface area (Å²) < 4.78 is 5.72. The third-order valence-electron chi connectivity index (χ3n) is 3.75. The molecular formula is C13H26N2O. The molecule has 0 aromatic heterocycles. The molecule has 2 aliphatic heterocycles. The van der Waals surface area contributed by atoms with Crippen LogP contribution in [0.2, 0.25) is 0 Å². The monoisotopic (exact) mass is 226 g/mol. The first-order valence-corrected chi connectivity index (χ1v) is 6.73. The van der Waals surface area contributed by atoms with Gasteiger partial charge in [0.2, 0.25) is 0 Å². The number of nitrogens with zero attached hydrogens (tertiary/aromatic N) is 1. The van der Waals surface area contributed by atoms with Crippen LogP contribution in [0, 0.1) is 5.92 Å². The molecule has 0 aromatic rings. The molecule has 2 fully saturated rings. The fourth-order valence-corrected chi connectivity index (χ4v) is 2.87. The van der Waals surface area contributed by atoms with Crippen molar-refractivity contribution in [3.63, 3.8) is 0 Å². The zero-order valence-corrected chi connectivity index (χ0v) is 10.8.